The fourth-order valence-electron chi connectivity index (χ4n) is 0.735. The highest BCUT2D eigenvalue weighted by Crippen LogP contribution is 2.25. The van der Waals surface area contributed by atoms with Gasteiger partial charge in [-0.25, -0.2) is 9.18 Å². The lowest BCUT2D eigenvalue weighted by atomic mass is 10.2. The number of hydrogen-bond acceptors (Lipinski definition) is 2. The monoisotopic (exact) mass is 189 g/mol. The van der Waals surface area contributed by atoms with Crippen LogP contribution in [0.4, 0.5) is 10.1 Å². The van der Waals surface area contributed by atoms with E-state index in [9.17, 15) is 9.18 Å². The summed E-state index contributed by atoms with van der Waals surface area (Å²) in [5.41, 5.74) is 4.62. The number of nitrogen functional groups attached to an aromatic ring is 1. The minimum Gasteiger partial charge on any atom is -0.478 e. The van der Waals surface area contributed by atoms with E-state index in [1.807, 2.05) is 0 Å². The van der Waals surface area contributed by atoms with E-state index in [2.05, 4.69) is 0 Å². The van der Waals surface area contributed by atoms with Crippen molar-refractivity contribution in [3.8, 4) is 0 Å². The van der Waals surface area contributed by atoms with Crippen molar-refractivity contribution in [2.45, 2.75) is 0 Å². The fraction of sp³-hybridized carbons (Fsp3) is 0. The van der Waals surface area contributed by atoms with Crippen LogP contribution in [0.25, 0.3) is 0 Å². The molecule has 3 nitrogen and oxygen atoms in total. The van der Waals surface area contributed by atoms with Gasteiger partial charge >= 0.3 is 5.97 Å². The molecule has 0 unspecified atom stereocenters. The van der Waals surface area contributed by atoms with Gasteiger partial charge in [0.05, 0.1) is 16.3 Å². The van der Waals surface area contributed by atoms with Crippen molar-refractivity contribution in [3.63, 3.8) is 0 Å². The number of carboxylic acid groups (broad SMARTS) is 1. The number of halogens is 2. The SMILES string of the molecule is Nc1c(F)ccc(C(=O)O)c1Cl. The number of aromatic carboxylic acids is 1. The average molecular weight is 190 g/mol. The van der Waals surface area contributed by atoms with Crippen LogP contribution in [0.1, 0.15) is 10.4 Å². The first-order chi connectivity index (χ1) is 5.54. The summed E-state index contributed by atoms with van der Waals surface area (Å²) >= 11 is 5.45. The van der Waals surface area contributed by atoms with Crippen molar-refractivity contribution < 1.29 is 14.3 Å². The number of benzene rings is 1. The second-order valence-electron chi connectivity index (χ2n) is 2.13. The number of hydrogen-bond donors (Lipinski definition) is 2. The highest BCUT2D eigenvalue weighted by Gasteiger charge is 2.13. The molecule has 0 saturated heterocycles. The fourth-order valence-corrected chi connectivity index (χ4v) is 0.969. The molecular formula is C7H5ClFNO2. The van der Waals surface area contributed by atoms with Crippen LogP contribution in [0.3, 0.4) is 0 Å². The maximum atomic E-state index is 12.6. The van der Waals surface area contributed by atoms with Crippen LogP contribution in [0.2, 0.25) is 5.02 Å². The van der Waals surface area contributed by atoms with Gasteiger partial charge in [-0.2, -0.15) is 0 Å². The molecule has 0 radical (unpaired) electrons. The zero-order chi connectivity index (χ0) is 9.30. The Bertz CT molecular complexity index is 340. The molecular weight excluding hydrogens is 185 g/mol. The zero-order valence-electron chi connectivity index (χ0n) is 5.84. The lowest BCUT2D eigenvalue weighted by Gasteiger charge is -2.02. The Morgan fingerprint density at radius 2 is 2.17 bits per heavy atom. The van der Waals surface area contributed by atoms with E-state index in [4.69, 9.17) is 22.4 Å². The minimum absolute atomic E-state index is 0.199. The van der Waals surface area contributed by atoms with Gasteiger partial charge in [0.25, 0.3) is 0 Å². The second kappa shape index (κ2) is 2.98. The molecule has 0 aliphatic rings. The van der Waals surface area contributed by atoms with Crippen molar-refractivity contribution in [2.75, 3.05) is 5.73 Å². The highest BCUT2D eigenvalue weighted by atomic mass is 35.5. The quantitative estimate of drug-likeness (QED) is 0.662. The minimum atomic E-state index is -1.23. The van der Waals surface area contributed by atoms with E-state index in [0.29, 0.717) is 0 Å². The topological polar surface area (TPSA) is 63.3 Å². The van der Waals surface area contributed by atoms with Gasteiger partial charge in [0.15, 0.2) is 0 Å². The molecule has 0 fully saturated rings. The number of rotatable bonds is 1. The maximum absolute atomic E-state index is 12.6. The molecule has 0 aromatic heterocycles. The number of anilines is 1. The third-order valence-electron chi connectivity index (χ3n) is 1.36. The van der Waals surface area contributed by atoms with Gasteiger partial charge in [0, 0.05) is 0 Å². The first-order valence-electron chi connectivity index (χ1n) is 3.01. The van der Waals surface area contributed by atoms with Crippen LogP contribution >= 0.6 is 11.6 Å². The van der Waals surface area contributed by atoms with Gasteiger partial charge in [-0.05, 0) is 12.1 Å². The van der Waals surface area contributed by atoms with Gasteiger partial charge < -0.3 is 10.8 Å². The summed E-state index contributed by atoms with van der Waals surface area (Å²) in [4.78, 5) is 10.4. The van der Waals surface area contributed by atoms with E-state index >= 15 is 0 Å². The van der Waals surface area contributed by atoms with Crippen molar-refractivity contribution >= 4 is 23.3 Å². The van der Waals surface area contributed by atoms with E-state index in [0.717, 1.165) is 12.1 Å². The molecule has 64 valence electrons. The molecule has 0 atom stereocenters. The van der Waals surface area contributed by atoms with E-state index in [1.165, 1.54) is 0 Å². The molecule has 0 spiro atoms. The third kappa shape index (κ3) is 1.33. The van der Waals surface area contributed by atoms with Gasteiger partial charge in [-0.1, -0.05) is 11.6 Å². The summed E-state index contributed by atoms with van der Waals surface area (Å²) in [6.07, 6.45) is 0. The van der Waals surface area contributed by atoms with Crippen molar-refractivity contribution in [3.05, 3.63) is 28.5 Å². The van der Waals surface area contributed by atoms with Crippen LogP contribution in [0.15, 0.2) is 12.1 Å². The van der Waals surface area contributed by atoms with Crippen LogP contribution in [-0.4, -0.2) is 11.1 Å². The largest absolute Gasteiger partial charge is 0.478 e. The zero-order valence-corrected chi connectivity index (χ0v) is 6.60. The Labute approximate surface area is 72.6 Å². The highest BCUT2D eigenvalue weighted by molar-refractivity contribution is 6.35. The Balaban J connectivity index is 3.36. The molecule has 1 aromatic carbocycles. The van der Waals surface area contributed by atoms with Crippen LogP contribution in [0, 0.1) is 5.82 Å². The summed E-state index contributed by atoms with van der Waals surface area (Å²) in [5, 5.41) is 8.26. The summed E-state index contributed by atoms with van der Waals surface area (Å²) < 4.78 is 12.6. The summed E-state index contributed by atoms with van der Waals surface area (Å²) in [6.45, 7) is 0. The number of carbonyl (C=O) groups is 1. The summed E-state index contributed by atoms with van der Waals surface area (Å²) in [7, 11) is 0. The van der Waals surface area contributed by atoms with Crippen molar-refractivity contribution in [1.82, 2.24) is 0 Å². The molecule has 5 heteroatoms. The molecule has 0 aliphatic carbocycles. The first-order valence-corrected chi connectivity index (χ1v) is 3.38. The molecule has 1 aromatic rings. The smallest absolute Gasteiger partial charge is 0.337 e. The van der Waals surface area contributed by atoms with Crippen LogP contribution < -0.4 is 5.73 Å². The lowest BCUT2D eigenvalue weighted by molar-refractivity contribution is 0.0697. The summed E-state index contributed by atoms with van der Waals surface area (Å²) in [6, 6.07) is 2.03. The van der Waals surface area contributed by atoms with Crippen LogP contribution in [0.5, 0.6) is 0 Å². The van der Waals surface area contributed by atoms with Gasteiger partial charge in [-0.3, -0.25) is 0 Å². The standard InChI is InChI=1S/C7H5ClFNO2/c8-5-3(7(11)12)1-2-4(9)6(5)10/h1-2H,10H2,(H,11,12). The van der Waals surface area contributed by atoms with Gasteiger partial charge in [0.1, 0.15) is 5.82 Å². The van der Waals surface area contributed by atoms with E-state index in [1.54, 1.807) is 0 Å². The molecule has 3 N–H and O–H groups in total. The first kappa shape index (κ1) is 8.80. The Hall–Kier alpha value is -1.29. The lowest BCUT2D eigenvalue weighted by Crippen LogP contribution is -2.01. The third-order valence-corrected chi connectivity index (χ3v) is 1.76. The normalized spacial score (nSPS) is 9.83. The molecule has 0 bridgehead atoms. The predicted molar refractivity (Wildman–Crippen MR) is 42.8 cm³/mol. The van der Waals surface area contributed by atoms with Gasteiger partial charge in [0.2, 0.25) is 0 Å². The summed E-state index contributed by atoms with van der Waals surface area (Å²) in [5.74, 6) is -1.95. The van der Waals surface area contributed by atoms with E-state index < -0.39 is 11.8 Å². The molecule has 0 amide bonds. The molecule has 0 heterocycles. The molecule has 1 rings (SSSR count). The second-order valence-corrected chi connectivity index (χ2v) is 2.51. The number of carboxylic acids is 1. The Morgan fingerprint density at radius 3 is 2.67 bits per heavy atom. The molecule has 0 aliphatic heterocycles. The average Bonchev–Trinajstić information content (AvgIpc) is 2.00. The van der Waals surface area contributed by atoms with Crippen molar-refractivity contribution in [2.24, 2.45) is 0 Å². The van der Waals surface area contributed by atoms with Gasteiger partial charge in [-0.15, -0.1) is 0 Å². The Morgan fingerprint density at radius 1 is 1.58 bits per heavy atom. The number of nitrogens with two attached hydrogens (primary N) is 1. The molecule has 12 heavy (non-hydrogen) atoms. The molecule has 0 saturated carbocycles. The van der Waals surface area contributed by atoms with Crippen molar-refractivity contribution in [1.29, 1.82) is 0 Å². The van der Waals surface area contributed by atoms with E-state index in [-0.39, 0.29) is 16.3 Å². The predicted octanol–water partition coefficient (Wildman–Crippen LogP) is 1.76. The van der Waals surface area contributed by atoms with Crippen LogP contribution in [-0.2, 0) is 0 Å². The Kier molecular flexibility index (Phi) is 2.19. The maximum Gasteiger partial charge on any atom is 0.337 e.